The Morgan fingerprint density at radius 2 is 2.27 bits per heavy atom. The Bertz CT molecular complexity index is 270. The average molecular weight is 226 g/mol. The lowest BCUT2D eigenvalue weighted by molar-refractivity contribution is 0.529. The van der Waals surface area contributed by atoms with Crippen LogP contribution in [-0.4, -0.2) is 11.0 Å². The van der Waals surface area contributed by atoms with Crippen LogP contribution in [0.3, 0.4) is 0 Å². The van der Waals surface area contributed by atoms with Crippen molar-refractivity contribution in [3.63, 3.8) is 0 Å². The van der Waals surface area contributed by atoms with Crippen molar-refractivity contribution in [2.45, 2.75) is 59.0 Å². The van der Waals surface area contributed by atoms with Gasteiger partial charge in [-0.2, -0.15) is 0 Å². The summed E-state index contributed by atoms with van der Waals surface area (Å²) in [6, 6.07) is 0.589. The normalized spacial score (nSPS) is 13.0. The molecule has 15 heavy (non-hydrogen) atoms. The molecule has 1 aromatic heterocycles. The number of hydrogen-bond donors (Lipinski definition) is 1. The highest BCUT2D eigenvalue weighted by atomic mass is 32.1. The fourth-order valence-electron chi connectivity index (χ4n) is 1.30. The lowest BCUT2D eigenvalue weighted by atomic mass is 10.2. The molecule has 0 aliphatic carbocycles. The minimum Gasteiger partial charge on any atom is -0.309 e. The highest BCUT2D eigenvalue weighted by Gasteiger charge is 2.03. The van der Waals surface area contributed by atoms with Crippen molar-refractivity contribution in [3.8, 4) is 0 Å². The molecule has 0 spiro atoms. The van der Waals surface area contributed by atoms with Gasteiger partial charge in [-0.3, -0.25) is 0 Å². The lowest BCUT2D eigenvalue weighted by Gasteiger charge is -2.08. The summed E-state index contributed by atoms with van der Waals surface area (Å²) in [6.45, 7) is 7.55. The summed E-state index contributed by atoms with van der Waals surface area (Å²) in [5.41, 5.74) is 1.20. The fourth-order valence-corrected chi connectivity index (χ4v) is 2.14. The first-order chi connectivity index (χ1) is 7.26. The van der Waals surface area contributed by atoms with E-state index in [1.54, 1.807) is 11.3 Å². The Morgan fingerprint density at radius 1 is 1.47 bits per heavy atom. The smallest absolute Gasteiger partial charge is 0.0928 e. The number of thiazole rings is 1. The zero-order chi connectivity index (χ0) is 11.1. The van der Waals surface area contributed by atoms with Gasteiger partial charge in [-0.1, -0.05) is 20.3 Å². The largest absolute Gasteiger partial charge is 0.309 e. The molecule has 1 heterocycles. The number of hydrogen-bond acceptors (Lipinski definition) is 3. The Morgan fingerprint density at radius 3 is 2.93 bits per heavy atom. The molecule has 2 nitrogen and oxygen atoms in total. The van der Waals surface area contributed by atoms with Crippen LogP contribution in [0.5, 0.6) is 0 Å². The summed E-state index contributed by atoms with van der Waals surface area (Å²) in [6.07, 6.45) is 4.82. The van der Waals surface area contributed by atoms with Crippen molar-refractivity contribution < 1.29 is 0 Å². The van der Waals surface area contributed by atoms with Crippen molar-refractivity contribution >= 4 is 11.3 Å². The van der Waals surface area contributed by atoms with Gasteiger partial charge in [-0.05, 0) is 26.2 Å². The number of aryl methyl sites for hydroxylation is 1. The molecule has 1 rings (SSSR count). The molecule has 0 fully saturated rings. The van der Waals surface area contributed by atoms with Gasteiger partial charge in [0, 0.05) is 18.0 Å². The molecule has 0 bridgehead atoms. The molecule has 0 aliphatic rings. The zero-order valence-corrected chi connectivity index (χ0v) is 10.9. The predicted molar refractivity (Wildman–Crippen MR) is 67.3 cm³/mol. The SMILES string of the molecule is CCCCc1nc(CNC(C)CC)cs1. The molecule has 1 unspecified atom stereocenters. The van der Waals surface area contributed by atoms with Gasteiger partial charge in [0.2, 0.25) is 0 Å². The third kappa shape index (κ3) is 4.76. The maximum atomic E-state index is 4.61. The van der Waals surface area contributed by atoms with Crippen LogP contribution < -0.4 is 5.32 Å². The maximum absolute atomic E-state index is 4.61. The van der Waals surface area contributed by atoms with E-state index in [0.717, 1.165) is 13.0 Å². The molecule has 86 valence electrons. The van der Waals surface area contributed by atoms with E-state index >= 15 is 0 Å². The minimum absolute atomic E-state index is 0.589. The number of aromatic nitrogens is 1. The summed E-state index contributed by atoms with van der Waals surface area (Å²) < 4.78 is 0. The van der Waals surface area contributed by atoms with Crippen LogP contribution in [0.25, 0.3) is 0 Å². The molecule has 0 aromatic carbocycles. The van der Waals surface area contributed by atoms with Crippen LogP contribution in [0, 0.1) is 0 Å². The van der Waals surface area contributed by atoms with Gasteiger partial charge >= 0.3 is 0 Å². The first-order valence-corrected chi connectivity index (χ1v) is 6.80. The molecule has 0 amide bonds. The van der Waals surface area contributed by atoms with Gasteiger partial charge in [-0.25, -0.2) is 4.98 Å². The summed E-state index contributed by atoms with van der Waals surface area (Å²) in [5, 5.41) is 6.93. The van der Waals surface area contributed by atoms with E-state index in [1.807, 2.05) is 0 Å². The summed E-state index contributed by atoms with van der Waals surface area (Å²) >= 11 is 1.80. The second-order valence-corrected chi connectivity index (χ2v) is 4.97. The molecule has 3 heteroatoms. The second kappa shape index (κ2) is 6.96. The zero-order valence-electron chi connectivity index (χ0n) is 10.0. The minimum atomic E-state index is 0.589. The molecular weight excluding hydrogens is 204 g/mol. The van der Waals surface area contributed by atoms with Gasteiger partial charge in [0.1, 0.15) is 0 Å². The highest BCUT2D eigenvalue weighted by Crippen LogP contribution is 2.12. The maximum Gasteiger partial charge on any atom is 0.0928 e. The standard InChI is InChI=1S/C12H22N2S/c1-4-6-7-12-14-11(9-15-12)8-13-10(3)5-2/h9-10,13H,4-8H2,1-3H3. The topological polar surface area (TPSA) is 24.9 Å². The van der Waals surface area contributed by atoms with Crippen molar-refractivity contribution in [3.05, 3.63) is 16.1 Å². The van der Waals surface area contributed by atoms with Crippen LogP contribution in [0.4, 0.5) is 0 Å². The van der Waals surface area contributed by atoms with Crippen LogP contribution in [0.1, 0.15) is 50.7 Å². The molecule has 1 N–H and O–H groups in total. The number of unbranched alkanes of at least 4 members (excludes halogenated alkanes) is 1. The monoisotopic (exact) mass is 226 g/mol. The Balaban J connectivity index is 2.32. The molecular formula is C12H22N2S. The van der Waals surface area contributed by atoms with Gasteiger partial charge in [0.05, 0.1) is 10.7 Å². The second-order valence-electron chi connectivity index (χ2n) is 4.03. The van der Waals surface area contributed by atoms with Crippen molar-refractivity contribution in [1.29, 1.82) is 0 Å². The third-order valence-corrected chi connectivity index (χ3v) is 3.54. The quantitative estimate of drug-likeness (QED) is 0.771. The van der Waals surface area contributed by atoms with Crippen LogP contribution in [0.2, 0.25) is 0 Å². The highest BCUT2D eigenvalue weighted by molar-refractivity contribution is 7.09. The van der Waals surface area contributed by atoms with E-state index in [1.165, 1.54) is 30.0 Å². The Hall–Kier alpha value is -0.410. The molecule has 0 saturated heterocycles. The average Bonchev–Trinajstić information content (AvgIpc) is 2.71. The van der Waals surface area contributed by atoms with Crippen LogP contribution >= 0.6 is 11.3 Å². The van der Waals surface area contributed by atoms with E-state index in [4.69, 9.17) is 0 Å². The lowest BCUT2D eigenvalue weighted by Crippen LogP contribution is -2.24. The summed E-state index contributed by atoms with van der Waals surface area (Å²) in [5.74, 6) is 0. The summed E-state index contributed by atoms with van der Waals surface area (Å²) in [7, 11) is 0. The summed E-state index contributed by atoms with van der Waals surface area (Å²) in [4.78, 5) is 4.61. The molecule has 1 atom stereocenters. The molecule has 0 aliphatic heterocycles. The first kappa shape index (κ1) is 12.7. The first-order valence-electron chi connectivity index (χ1n) is 5.92. The predicted octanol–water partition coefficient (Wildman–Crippen LogP) is 3.37. The molecule has 0 saturated carbocycles. The van der Waals surface area contributed by atoms with E-state index in [-0.39, 0.29) is 0 Å². The molecule has 0 radical (unpaired) electrons. The fraction of sp³-hybridized carbons (Fsp3) is 0.750. The third-order valence-electron chi connectivity index (χ3n) is 2.59. The van der Waals surface area contributed by atoms with E-state index < -0.39 is 0 Å². The van der Waals surface area contributed by atoms with E-state index in [2.05, 4.69) is 36.5 Å². The van der Waals surface area contributed by atoms with Crippen molar-refractivity contribution in [2.75, 3.05) is 0 Å². The van der Waals surface area contributed by atoms with Gasteiger partial charge in [0.15, 0.2) is 0 Å². The van der Waals surface area contributed by atoms with Crippen LogP contribution in [-0.2, 0) is 13.0 Å². The van der Waals surface area contributed by atoms with Crippen molar-refractivity contribution in [2.24, 2.45) is 0 Å². The number of nitrogens with one attached hydrogen (secondary N) is 1. The molecule has 1 aromatic rings. The Kier molecular flexibility index (Phi) is 5.88. The van der Waals surface area contributed by atoms with Gasteiger partial charge in [0.25, 0.3) is 0 Å². The van der Waals surface area contributed by atoms with Crippen molar-refractivity contribution in [1.82, 2.24) is 10.3 Å². The van der Waals surface area contributed by atoms with Gasteiger partial charge < -0.3 is 5.32 Å². The number of nitrogens with zero attached hydrogens (tertiary/aromatic N) is 1. The van der Waals surface area contributed by atoms with Gasteiger partial charge in [-0.15, -0.1) is 11.3 Å². The van der Waals surface area contributed by atoms with E-state index in [0.29, 0.717) is 6.04 Å². The van der Waals surface area contributed by atoms with Crippen LogP contribution in [0.15, 0.2) is 5.38 Å². The number of rotatable bonds is 7. The Labute approximate surface area is 97.1 Å². The van der Waals surface area contributed by atoms with E-state index in [9.17, 15) is 0 Å².